The highest BCUT2D eigenvalue weighted by Gasteiger charge is 2.13. The van der Waals surface area contributed by atoms with Crippen molar-refractivity contribution in [2.24, 2.45) is 0 Å². The van der Waals surface area contributed by atoms with Crippen LogP contribution in [0.4, 0.5) is 0 Å². The first kappa shape index (κ1) is 17.2. The molecule has 0 saturated carbocycles. The maximum atomic E-state index is 10.1. The minimum Gasteiger partial charge on any atom is -0.491 e. The van der Waals surface area contributed by atoms with Crippen molar-refractivity contribution in [1.29, 1.82) is 5.26 Å². The molecule has 1 N–H and O–H groups in total. The number of nitriles is 1. The van der Waals surface area contributed by atoms with E-state index in [0.29, 0.717) is 22.2 Å². The minimum atomic E-state index is -0.660. The van der Waals surface area contributed by atoms with Crippen LogP contribution in [-0.4, -0.2) is 43.2 Å². The SMILES string of the molecule is Cc1cc2nnc(SCC(O)COc3ccc(C#N)cc3)n2c(C)n1. The first-order chi connectivity index (χ1) is 12.1. The number of hydrogen-bond donors (Lipinski definition) is 1. The molecule has 25 heavy (non-hydrogen) atoms. The summed E-state index contributed by atoms with van der Waals surface area (Å²) in [6.45, 7) is 3.97. The summed E-state index contributed by atoms with van der Waals surface area (Å²) >= 11 is 1.40. The van der Waals surface area contributed by atoms with E-state index in [1.807, 2.05) is 30.4 Å². The van der Waals surface area contributed by atoms with Gasteiger partial charge in [-0.25, -0.2) is 4.98 Å². The lowest BCUT2D eigenvalue weighted by Gasteiger charge is -2.12. The Labute approximate surface area is 149 Å². The number of benzene rings is 1. The summed E-state index contributed by atoms with van der Waals surface area (Å²) in [5.74, 6) is 1.85. The molecular formula is C17H17N5O2S. The second-order valence-electron chi connectivity index (χ2n) is 5.53. The Bertz CT molecular complexity index is 917. The highest BCUT2D eigenvalue weighted by molar-refractivity contribution is 7.99. The zero-order valence-corrected chi connectivity index (χ0v) is 14.7. The summed E-state index contributed by atoms with van der Waals surface area (Å²) in [6.07, 6.45) is -0.660. The van der Waals surface area contributed by atoms with E-state index < -0.39 is 6.10 Å². The molecule has 128 valence electrons. The fourth-order valence-electron chi connectivity index (χ4n) is 2.33. The molecule has 1 aromatic carbocycles. The van der Waals surface area contributed by atoms with Crippen LogP contribution in [0, 0.1) is 25.2 Å². The first-order valence-electron chi connectivity index (χ1n) is 7.70. The van der Waals surface area contributed by atoms with E-state index in [9.17, 15) is 5.11 Å². The summed E-state index contributed by atoms with van der Waals surface area (Å²) in [5, 5.41) is 27.9. The van der Waals surface area contributed by atoms with Crippen LogP contribution in [0.3, 0.4) is 0 Å². The topological polar surface area (TPSA) is 96.3 Å². The Balaban J connectivity index is 1.57. The number of nitrogens with zero attached hydrogens (tertiary/aromatic N) is 5. The van der Waals surface area contributed by atoms with Gasteiger partial charge in [0, 0.05) is 17.5 Å². The van der Waals surface area contributed by atoms with Gasteiger partial charge >= 0.3 is 0 Å². The molecule has 1 atom stereocenters. The molecule has 2 aromatic heterocycles. The Morgan fingerprint density at radius 2 is 2.04 bits per heavy atom. The molecule has 3 rings (SSSR count). The number of aryl methyl sites for hydroxylation is 2. The second kappa shape index (κ2) is 7.51. The predicted octanol–water partition coefficient (Wildman–Crippen LogP) is 2.14. The molecule has 0 aliphatic rings. The minimum absolute atomic E-state index is 0.159. The maximum absolute atomic E-state index is 10.1. The maximum Gasteiger partial charge on any atom is 0.197 e. The zero-order valence-electron chi connectivity index (χ0n) is 13.9. The Hall–Kier alpha value is -2.63. The molecule has 0 saturated heterocycles. The van der Waals surface area contributed by atoms with Crippen molar-refractivity contribution in [3.63, 3.8) is 0 Å². The Morgan fingerprint density at radius 1 is 1.28 bits per heavy atom. The molecule has 1 unspecified atom stereocenters. The van der Waals surface area contributed by atoms with Crippen molar-refractivity contribution >= 4 is 17.4 Å². The van der Waals surface area contributed by atoms with Crippen LogP contribution in [0.25, 0.3) is 5.65 Å². The summed E-state index contributed by atoms with van der Waals surface area (Å²) in [6, 6.07) is 10.7. The number of aliphatic hydroxyl groups excluding tert-OH is 1. The summed E-state index contributed by atoms with van der Waals surface area (Å²) < 4.78 is 7.40. The van der Waals surface area contributed by atoms with Crippen LogP contribution < -0.4 is 4.74 Å². The standard InChI is InChI=1S/C17H17N5O2S/c1-11-7-16-20-21-17(22(16)12(2)19-11)25-10-14(23)9-24-15-5-3-13(8-18)4-6-15/h3-7,14,23H,9-10H2,1-2H3. The lowest BCUT2D eigenvalue weighted by molar-refractivity contribution is 0.126. The van der Waals surface area contributed by atoms with E-state index in [1.165, 1.54) is 11.8 Å². The van der Waals surface area contributed by atoms with E-state index in [-0.39, 0.29) is 6.61 Å². The number of rotatable bonds is 6. The van der Waals surface area contributed by atoms with Crippen LogP contribution in [0.1, 0.15) is 17.1 Å². The summed E-state index contributed by atoms with van der Waals surface area (Å²) in [7, 11) is 0. The van der Waals surface area contributed by atoms with Crippen molar-refractivity contribution in [3.8, 4) is 11.8 Å². The van der Waals surface area contributed by atoms with E-state index in [1.54, 1.807) is 24.3 Å². The van der Waals surface area contributed by atoms with Gasteiger partial charge in [0.2, 0.25) is 0 Å². The third-order valence-corrected chi connectivity index (χ3v) is 4.56. The van der Waals surface area contributed by atoms with Crippen molar-refractivity contribution in [2.75, 3.05) is 12.4 Å². The monoisotopic (exact) mass is 355 g/mol. The molecule has 0 aliphatic heterocycles. The second-order valence-corrected chi connectivity index (χ2v) is 6.52. The van der Waals surface area contributed by atoms with Gasteiger partial charge in [0.25, 0.3) is 0 Å². The van der Waals surface area contributed by atoms with Crippen LogP contribution in [0.2, 0.25) is 0 Å². The number of thioether (sulfide) groups is 1. The molecule has 0 bridgehead atoms. The van der Waals surface area contributed by atoms with Gasteiger partial charge < -0.3 is 9.84 Å². The highest BCUT2D eigenvalue weighted by Crippen LogP contribution is 2.20. The zero-order chi connectivity index (χ0) is 17.8. The fraction of sp³-hybridized carbons (Fsp3) is 0.294. The lowest BCUT2D eigenvalue weighted by atomic mass is 10.2. The van der Waals surface area contributed by atoms with Crippen LogP contribution >= 0.6 is 11.8 Å². The Kier molecular flexibility index (Phi) is 5.16. The van der Waals surface area contributed by atoms with Crippen LogP contribution in [0.5, 0.6) is 5.75 Å². The van der Waals surface area contributed by atoms with Gasteiger partial charge in [-0.3, -0.25) is 4.40 Å². The van der Waals surface area contributed by atoms with E-state index in [4.69, 9.17) is 10.00 Å². The molecule has 7 nitrogen and oxygen atoms in total. The first-order valence-corrected chi connectivity index (χ1v) is 8.68. The van der Waals surface area contributed by atoms with Gasteiger partial charge in [0.15, 0.2) is 10.8 Å². The van der Waals surface area contributed by atoms with Crippen molar-refractivity contribution in [1.82, 2.24) is 19.6 Å². The van der Waals surface area contributed by atoms with Gasteiger partial charge in [0.1, 0.15) is 18.2 Å². The molecule has 8 heteroatoms. The number of aliphatic hydroxyl groups is 1. The van der Waals surface area contributed by atoms with Crippen LogP contribution in [0.15, 0.2) is 35.5 Å². The van der Waals surface area contributed by atoms with Gasteiger partial charge in [-0.15, -0.1) is 10.2 Å². The smallest absolute Gasteiger partial charge is 0.197 e. The molecule has 2 heterocycles. The quantitative estimate of drug-likeness (QED) is 0.677. The third kappa shape index (κ3) is 4.07. The number of hydrogen-bond acceptors (Lipinski definition) is 7. The molecule has 0 amide bonds. The fourth-order valence-corrected chi connectivity index (χ4v) is 3.22. The largest absolute Gasteiger partial charge is 0.491 e. The average molecular weight is 355 g/mol. The van der Waals surface area contributed by atoms with Crippen molar-refractivity contribution < 1.29 is 9.84 Å². The van der Waals surface area contributed by atoms with Crippen molar-refractivity contribution in [2.45, 2.75) is 25.1 Å². The molecule has 3 aromatic rings. The number of aromatic nitrogens is 4. The highest BCUT2D eigenvalue weighted by atomic mass is 32.2. The van der Waals surface area contributed by atoms with E-state index in [2.05, 4.69) is 15.2 Å². The molecule has 0 radical (unpaired) electrons. The molecule has 0 aliphatic carbocycles. The van der Waals surface area contributed by atoms with E-state index >= 15 is 0 Å². The number of ether oxygens (including phenoxy) is 1. The van der Waals surface area contributed by atoms with Gasteiger partial charge in [-0.05, 0) is 38.1 Å². The molecule has 0 spiro atoms. The Morgan fingerprint density at radius 3 is 2.76 bits per heavy atom. The predicted molar refractivity (Wildman–Crippen MR) is 93.6 cm³/mol. The summed E-state index contributed by atoms with van der Waals surface area (Å²) in [4.78, 5) is 4.41. The van der Waals surface area contributed by atoms with Crippen molar-refractivity contribution in [3.05, 3.63) is 47.4 Å². The number of fused-ring (bicyclic) bond motifs is 1. The van der Waals surface area contributed by atoms with Gasteiger partial charge in [-0.1, -0.05) is 11.8 Å². The summed E-state index contributed by atoms with van der Waals surface area (Å²) in [5.41, 5.74) is 2.21. The average Bonchev–Trinajstić information content (AvgIpc) is 3.01. The van der Waals surface area contributed by atoms with Crippen LogP contribution in [-0.2, 0) is 0 Å². The van der Waals surface area contributed by atoms with E-state index in [0.717, 1.165) is 17.2 Å². The lowest BCUT2D eigenvalue weighted by Crippen LogP contribution is -2.20. The normalized spacial score (nSPS) is 12.1. The van der Waals surface area contributed by atoms with Gasteiger partial charge in [0.05, 0.1) is 17.7 Å². The molecular weight excluding hydrogens is 338 g/mol. The third-order valence-electron chi connectivity index (χ3n) is 3.49. The molecule has 0 fully saturated rings. The van der Waals surface area contributed by atoms with Gasteiger partial charge in [-0.2, -0.15) is 5.26 Å².